The zero-order valence-electron chi connectivity index (χ0n) is 13.6. The molecule has 0 radical (unpaired) electrons. The van der Waals surface area contributed by atoms with Crippen LogP contribution in [0.2, 0.25) is 0 Å². The highest BCUT2D eigenvalue weighted by Crippen LogP contribution is 2.39. The maximum Gasteiger partial charge on any atom is 0.230 e. The van der Waals surface area contributed by atoms with Crippen molar-refractivity contribution in [3.8, 4) is 16.9 Å². The van der Waals surface area contributed by atoms with Gasteiger partial charge in [-0.1, -0.05) is 23.9 Å². The number of carbonyl (C=O) groups is 1. The summed E-state index contributed by atoms with van der Waals surface area (Å²) in [6.07, 6.45) is 0. The molecule has 0 aliphatic heterocycles. The van der Waals surface area contributed by atoms with Crippen molar-refractivity contribution in [1.29, 1.82) is 0 Å². The molecule has 24 heavy (non-hydrogen) atoms. The van der Waals surface area contributed by atoms with Gasteiger partial charge in [-0.3, -0.25) is 4.79 Å². The molecule has 1 atom stereocenters. The Hall–Kier alpha value is -2.12. The Kier molecular flexibility index (Phi) is 4.73. The largest absolute Gasteiger partial charge is 0.497 e. The first-order valence-corrected chi connectivity index (χ1v) is 9.11. The van der Waals surface area contributed by atoms with Gasteiger partial charge in [0.25, 0.3) is 0 Å². The van der Waals surface area contributed by atoms with Crippen LogP contribution in [0.3, 0.4) is 0 Å². The molecule has 3 aromatic rings. The minimum Gasteiger partial charge on any atom is -0.497 e. The molecule has 0 saturated carbocycles. The molecule has 2 heterocycles. The van der Waals surface area contributed by atoms with Gasteiger partial charge in [0.15, 0.2) is 0 Å². The Balaban J connectivity index is 2.13. The molecule has 0 saturated heterocycles. The first-order valence-electron chi connectivity index (χ1n) is 7.36. The fourth-order valence-electron chi connectivity index (χ4n) is 2.31. The van der Waals surface area contributed by atoms with Crippen molar-refractivity contribution in [3.63, 3.8) is 0 Å². The van der Waals surface area contributed by atoms with Crippen molar-refractivity contribution >= 4 is 39.2 Å². The number of thiophene rings is 1. The standard InChI is InChI=1S/C17H17N3O2S2/c1-9(15(18)21)24-17-14-13(8-23-16(14)19-10(2)20-17)11-4-6-12(22-3)7-5-11/h4-9H,1-3H3,(H2,18,21). The Morgan fingerprint density at radius 1 is 1.29 bits per heavy atom. The van der Waals surface area contributed by atoms with E-state index in [2.05, 4.69) is 15.3 Å². The quantitative estimate of drug-likeness (QED) is 0.556. The maximum absolute atomic E-state index is 11.4. The first kappa shape index (κ1) is 16.7. The van der Waals surface area contributed by atoms with E-state index in [0.29, 0.717) is 5.82 Å². The zero-order chi connectivity index (χ0) is 17.3. The van der Waals surface area contributed by atoms with Crippen molar-refractivity contribution in [2.45, 2.75) is 24.1 Å². The van der Waals surface area contributed by atoms with Crippen LogP contribution in [0, 0.1) is 6.92 Å². The number of hydrogen-bond donors (Lipinski definition) is 1. The lowest BCUT2D eigenvalue weighted by atomic mass is 10.1. The fraction of sp³-hybridized carbons (Fsp3) is 0.235. The number of benzene rings is 1. The summed E-state index contributed by atoms with van der Waals surface area (Å²) in [5, 5.41) is 3.47. The third-order valence-electron chi connectivity index (χ3n) is 3.60. The predicted octanol–water partition coefficient (Wildman–Crippen LogP) is 3.64. The van der Waals surface area contributed by atoms with Crippen LogP contribution >= 0.6 is 23.1 Å². The number of amides is 1. The molecule has 124 valence electrons. The third kappa shape index (κ3) is 3.22. The fourth-order valence-corrected chi connectivity index (χ4v) is 4.32. The topological polar surface area (TPSA) is 78.1 Å². The number of primary amides is 1. The minimum atomic E-state index is -0.356. The summed E-state index contributed by atoms with van der Waals surface area (Å²) in [4.78, 5) is 21.4. The summed E-state index contributed by atoms with van der Waals surface area (Å²) in [5.41, 5.74) is 7.52. The number of rotatable bonds is 5. The van der Waals surface area contributed by atoms with Crippen LogP contribution in [0.25, 0.3) is 21.3 Å². The molecule has 0 bridgehead atoms. The van der Waals surface area contributed by atoms with Gasteiger partial charge in [0, 0.05) is 10.9 Å². The Morgan fingerprint density at radius 3 is 2.62 bits per heavy atom. The summed E-state index contributed by atoms with van der Waals surface area (Å²) in [6, 6.07) is 7.86. The van der Waals surface area contributed by atoms with E-state index < -0.39 is 0 Å². The van der Waals surface area contributed by atoms with Gasteiger partial charge in [0.2, 0.25) is 5.91 Å². The maximum atomic E-state index is 11.4. The average molecular weight is 359 g/mol. The average Bonchev–Trinajstić information content (AvgIpc) is 2.98. The smallest absolute Gasteiger partial charge is 0.230 e. The van der Waals surface area contributed by atoms with Gasteiger partial charge in [-0.05, 0) is 31.5 Å². The summed E-state index contributed by atoms with van der Waals surface area (Å²) in [6.45, 7) is 3.64. The van der Waals surface area contributed by atoms with Crippen molar-refractivity contribution < 1.29 is 9.53 Å². The Morgan fingerprint density at radius 2 is 2.00 bits per heavy atom. The van der Waals surface area contributed by atoms with Crippen LogP contribution in [-0.2, 0) is 4.79 Å². The Labute approximate surface area is 148 Å². The monoisotopic (exact) mass is 359 g/mol. The van der Waals surface area contributed by atoms with Crippen LogP contribution in [0.1, 0.15) is 12.7 Å². The number of thioether (sulfide) groups is 1. The highest BCUT2D eigenvalue weighted by molar-refractivity contribution is 8.00. The first-order chi connectivity index (χ1) is 11.5. The van der Waals surface area contributed by atoms with E-state index in [9.17, 15) is 4.79 Å². The van der Waals surface area contributed by atoms with E-state index in [1.54, 1.807) is 25.4 Å². The molecule has 3 rings (SSSR count). The second kappa shape index (κ2) is 6.78. The SMILES string of the molecule is COc1ccc(-c2csc3nc(C)nc(SC(C)C(N)=O)c23)cc1. The van der Waals surface area contributed by atoms with Gasteiger partial charge < -0.3 is 10.5 Å². The molecule has 5 nitrogen and oxygen atoms in total. The van der Waals surface area contributed by atoms with E-state index >= 15 is 0 Å². The van der Waals surface area contributed by atoms with Crippen molar-refractivity contribution in [2.24, 2.45) is 5.73 Å². The highest BCUT2D eigenvalue weighted by atomic mass is 32.2. The molecule has 1 unspecified atom stereocenters. The second-order valence-corrected chi connectivity index (χ2v) is 7.48. The van der Waals surface area contributed by atoms with Crippen LogP contribution < -0.4 is 10.5 Å². The van der Waals surface area contributed by atoms with Gasteiger partial charge in [-0.2, -0.15) is 0 Å². The second-order valence-electron chi connectivity index (χ2n) is 5.30. The van der Waals surface area contributed by atoms with E-state index in [-0.39, 0.29) is 11.2 Å². The van der Waals surface area contributed by atoms with Crippen LogP contribution in [0.5, 0.6) is 5.75 Å². The number of ether oxygens (including phenoxy) is 1. The van der Waals surface area contributed by atoms with E-state index in [1.165, 1.54) is 11.8 Å². The summed E-state index contributed by atoms with van der Waals surface area (Å²) < 4.78 is 5.21. The number of nitrogens with two attached hydrogens (primary N) is 1. The lowest BCUT2D eigenvalue weighted by molar-refractivity contribution is -0.117. The minimum absolute atomic E-state index is 0.355. The molecule has 2 N–H and O–H groups in total. The highest BCUT2D eigenvalue weighted by Gasteiger charge is 2.19. The lowest BCUT2D eigenvalue weighted by Gasteiger charge is -2.10. The van der Waals surface area contributed by atoms with Gasteiger partial charge in [0.05, 0.1) is 17.7 Å². The van der Waals surface area contributed by atoms with Crippen molar-refractivity contribution in [2.75, 3.05) is 7.11 Å². The molecule has 0 aliphatic carbocycles. The number of methoxy groups -OCH3 is 1. The summed E-state index contributed by atoms with van der Waals surface area (Å²) >= 11 is 2.94. The molecule has 1 amide bonds. The normalized spacial score (nSPS) is 12.3. The van der Waals surface area contributed by atoms with Crippen LogP contribution in [0.15, 0.2) is 34.7 Å². The van der Waals surface area contributed by atoms with Gasteiger partial charge in [-0.15, -0.1) is 11.3 Å². The number of aryl methyl sites for hydroxylation is 1. The Bertz CT molecular complexity index is 891. The zero-order valence-corrected chi connectivity index (χ0v) is 15.2. The van der Waals surface area contributed by atoms with Crippen molar-refractivity contribution in [1.82, 2.24) is 9.97 Å². The molecule has 7 heteroatoms. The summed E-state index contributed by atoms with van der Waals surface area (Å²) in [5.74, 6) is 1.14. The van der Waals surface area contributed by atoms with Gasteiger partial charge in [0.1, 0.15) is 21.4 Å². The third-order valence-corrected chi connectivity index (χ3v) is 5.58. The molecule has 0 fully saturated rings. The number of hydrogen-bond acceptors (Lipinski definition) is 6. The van der Waals surface area contributed by atoms with E-state index in [0.717, 1.165) is 32.1 Å². The molecule has 1 aromatic carbocycles. The molecule has 0 spiro atoms. The number of nitrogens with zero attached hydrogens (tertiary/aromatic N) is 2. The van der Waals surface area contributed by atoms with Crippen LogP contribution in [0.4, 0.5) is 0 Å². The number of aromatic nitrogens is 2. The molecular weight excluding hydrogens is 342 g/mol. The molecule has 2 aromatic heterocycles. The molecular formula is C17H17N3O2S2. The predicted molar refractivity (Wildman–Crippen MR) is 98.7 cm³/mol. The van der Waals surface area contributed by atoms with Gasteiger partial charge in [-0.25, -0.2) is 9.97 Å². The van der Waals surface area contributed by atoms with Crippen molar-refractivity contribution in [3.05, 3.63) is 35.5 Å². The number of carbonyl (C=O) groups excluding carboxylic acids is 1. The van der Waals surface area contributed by atoms with E-state index in [4.69, 9.17) is 10.5 Å². The summed E-state index contributed by atoms with van der Waals surface area (Å²) in [7, 11) is 1.64. The molecule has 0 aliphatic rings. The van der Waals surface area contributed by atoms with Crippen LogP contribution in [-0.4, -0.2) is 28.2 Å². The number of fused-ring (bicyclic) bond motifs is 1. The van der Waals surface area contributed by atoms with Gasteiger partial charge >= 0.3 is 0 Å². The van der Waals surface area contributed by atoms with E-state index in [1.807, 2.05) is 31.2 Å². The lowest BCUT2D eigenvalue weighted by Crippen LogP contribution is -2.22.